The van der Waals surface area contributed by atoms with Gasteiger partial charge >= 0.3 is 6.03 Å². The molecule has 30 heavy (non-hydrogen) atoms. The third-order valence-electron chi connectivity index (χ3n) is 5.77. The summed E-state index contributed by atoms with van der Waals surface area (Å²) < 4.78 is 13.3. The van der Waals surface area contributed by atoms with Crippen molar-refractivity contribution in [3.63, 3.8) is 0 Å². The van der Waals surface area contributed by atoms with Crippen LogP contribution >= 0.6 is 0 Å². The molecule has 6 nitrogen and oxygen atoms in total. The average molecular weight is 409 g/mol. The summed E-state index contributed by atoms with van der Waals surface area (Å²) in [5.74, 6) is -1.20. The molecule has 2 aromatic rings. The number of hydrogen-bond acceptors (Lipinski definition) is 3. The Bertz CT molecular complexity index is 986. The number of aryl methyl sites for hydroxylation is 1. The van der Waals surface area contributed by atoms with Gasteiger partial charge in [-0.15, -0.1) is 0 Å². The van der Waals surface area contributed by atoms with Crippen molar-refractivity contribution in [2.24, 2.45) is 0 Å². The second-order valence-corrected chi connectivity index (χ2v) is 8.19. The van der Waals surface area contributed by atoms with E-state index >= 15 is 0 Å². The minimum atomic E-state index is -1.33. The molecule has 0 bridgehead atoms. The summed E-state index contributed by atoms with van der Waals surface area (Å²) in [5, 5.41) is 2.66. The van der Waals surface area contributed by atoms with Crippen LogP contribution in [0.25, 0.3) is 0 Å². The summed E-state index contributed by atoms with van der Waals surface area (Å²) in [6.07, 6.45) is 1.84. The van der Waals surface area contributed by atoms with Crippen LogP contribution in [0.4, 0.5) is 9.18 Å². The van der Waals surface area contributed by atoms with Gasteiger partial charge < -0.3 is 10.2 Å². The molecule has 0 radical (unpaired) electrons. The van der Waals surface area contributed by atoms with E-state index in [9.17, 15) is 18.8 Å². The first kappa shape index (κ1) is 20.1. The molecule has 1 saturated heterocycles. The van der Waals surface area contributed by atoms with Gasteiger partial charge in [0.1, 0.15) is 17.9 Å². The van der Waals surface area contributed by atoms with Crippen LogP contribution in [-0.4, -0.2) is 40.2 Å². The van der Waals surface area contributed by atoms with E-state index in [1.165, 1.54) is 24.3 Å². The van der Waals surface area contributed by atoms with Gasteiger partial charge in [-0.2, -0.15) is 0 Å². The molecule has 1 unspecified atom stereocenters. The van der Waals surface area contributed by atoms with Crippen LogP contribution in [0.3, 0.4) is 0 Å². The van der Waals surface area contributed by atoms with Gasteiger partial charge in [-0.3, -0.25) is 14.5 Å². The number of imide groups is 1. The maximum absolute atomic E-state index is 13.3. The van der Waals surface area contributed by atoms with E-state index in [0.717, 1.165) is 28.9 Å². The summed E-state index contributed by atoms with van der Waals surface area (Å²) in [7, 11) is 0. The molecule has 2 aliphatic rings. The summed E-state index contributed by atoms with van der Waals surface area (Å²) in [6.45, 7) is 3.70. The third kappa shape index (κ3) is 3.79. The van der Waals surface area contributed by atoms with E-state index < -0.39 is 23.3 Å². The van der Waals surface area contributed by atoms with Gasteiger partial charge in [0, 0.05) is 12.6 Å². The summed E-state index contributed by atoms with van der Waals surface area (Å²) in [5.41, 5.74) is 1.29. The van der Waals surface area contributed by atoms with E-state index in [1.807, 2.05) is 31.2 Å². The highest BCUT2D eigenvalue weighted by atomic mass is 19.1. The molecule has 1 aliphatic carbocycles. The molecular weight excluding hydrogens is 385 g/mol. The second-order valence-electron chi connectivity index (χ2n) is 8.19. The molecule has 4 rings (SSSR count). The largest absolute Gasteiger partial charge is 0.334 e. The molecule has 2 fully saturated rings. The normalized spacial score (nSPS) is 21.0. The lowest BCUT2D eigenvalue weighted by molar-refractivity contribution is -0.139. The van der Waals surface area contributed by atoms with Crippen molar-refractivity contribution in [1.82, 2.24) is 15.1 Å². The molecule has 0 spiro atoms. The monoisotopic (exact) mass is 409 g/mol. The summed E-state index contributed by atoms with van der Waals surface area (Å²) in [4.78, 5) is 41.3. The molecule has 7 heteroatoms. The van der Waals surface area contributed by atoms with Crippen molar-refractivity contribution >= 4 is 17.8 Å². The van der Waals surface area contributed by atoms with Crippen molar-refractivity contribution in [2.75, 3.05) is 6.54 Å². The van der Waals surface area contributed by atoms with Gasteiger partial charge in [0.05, 0.1) is 0 Å². The maximum Gasteiger partial charge on any atom is 0.325 e. The minimum absolute atomic E-state index is 0.142. The van der Waals surface area contributed by atoms with Crippen LogP contribution < -0.4 is 5.32 Å². The zero-order chi connectivity index (χ0) is 21.5. The van der Waals surface area contributed by atoms with Gasteiger partial charge in [0.25, 0.3) is 5.91 Å². The lowest BCUT2D eigenvalue weighted by atomic mass is 9.92. The van der Waals surface area contributed by atoms with Gasteiger partial charge in [0.15, 0.2) is 0 Å². The molecule has 4 amide bonds. The van der Waals surface area contributed by atoms with E-state index in [-0.39, 0.29) is 18.5 Å². The summed E-state index contributed by atoms with van der Waals surface area (Å²) in [6, 6.07) is 12.9. The standard InChI is InChI=1S/C23H24FN3O3/c1-15-3-5-16(6-4-15)13-26(19-11-12-19)20(28)14-27-21(29)23(2,25-22(27)30)17-7-9-18(24)10-8-17/h3-10,19H,11-14H2,1-2H3,(H,25,30). The first-order valence-corrected chi connectivity index (χ1v) is 10.0. The highest BCUT2D eigenvalue weighted by Gasteiger charge is 2.50. The van der Waals surface area contributed by atoms with Crippen LogP contribution in [0.2, 0.25) is 0 Å². The van der Waals surface area contributed by atoms with Crippen molar-refractivity contribution in [3.8, 4) is 0 Å². The number of carbonyl (C=O) groups is 3. The van der Waals surface area contributed by atoms with E-state index in [1.54, 1.807) is 11.8 Å². The first-order chi connectivity index (χ1) is 14.3. The fourth-order valence-electron chi connectivity index (χ4n) is 3.74. The zero-order valence-corrected chi connectivity index (χ0v) is 17.0. The van der Waals surface area contributed by atoms with Gasteiger partial charge in [-0.05, 0) is 49.9 Å². The number of nitrogens with one attached hydrogen (secondary N) is 1. The number of urea groups is 1. The Morgan fingerprint density at radius 3 is 2.37 bits per heavy atom. The van der Waals surface area contributed by atoms with Crippen molar-refractivity contribution in [3.05, 3.63) is 71.0 Å². The van der Waals surface area contributed by atoms with Crippen LogP contribution in [-0.2, 0) is 21.7 Å². The average Bonchev–Trinajstić information content (AvgIpc) is 3.53. The van der Waals surface area contributed by atoms with E-state index in [0.29, 0.717) is 12.1 Å². The molecule has 1 saturated carbocycles. The number of halogens is 1. The topological polar surface area (TPSA) is 69.7 Å². The molecule has 156 valence electrons. The molecule has 1 heterocycles. The Balaban J connectivity index is 1.50. The first-order valence-electron chi connectivity index (χ1n) is 10.0. The van der Waals surface area contributed by atoms with Gasteiger partial charge in [-0.1, -0.05) is 42.0 Å². The Morgan fingerprint density at radius 2 is 1.77 bits per heavy atom. The molecule has 0 aromatic heterocycles. The number of carbonyl (C=O) groups excluding carboxylic acids is 3. The number of hydrogen-bond donors (Lipinski definition) is 1. The predicted octanol–water partition coefficient (Wildman–Crippen LogP) is 3.09. The maximum atomic E-state index is 13.3. The van der Waals surface area contributed by atoms with Crippen LogP contribution in [0, 0.1) is 12.7 Å². The number of rotatable bonds is 6. The van der Waals surface area contributed by atoms with Gasteiger partial charge in [0.2, 0.25) is 5.91 Å². The number of amides is 4. The fraction of sp³-hybridized carbons (Fsp3) is 0.348. The lowest BCUT2D eigenvalue weighted by Crippen LogP contribution is -2.45. The highest BCUT2D eigenvalue weighted by Crippen LogP contribution is 2.31. The Kier molecular flexibility index (Phi) is 5.05. The lowest BCUT2D eigenvalue weighted by Gasteiger charge is -2.25. The molecule has 1 atom stereocenters. The third-order valence-corrected chi connectivity index (χ3v) is 5.77. The Hall–Kier alpha value is -3.22. The Labute approximate surface area is 174 Å². The van der Waals surface area contributed by atoms with Crippen molar-refractivity contribution in [1.29, 1.82) is 0 Å². The SMILES string of the molecule is Cc1ccc(CN(C(=O)CN2C(=O)NC(C)(c3ccc(F)cc3)C2=O)C2CC2)cc1. The molecular formula is C23H24FN3O3. The van der Waals surface area contributed by atoms with Gasteiger partial charge in [-0.25, -0.2) is 9.18 Å². The van der Waals surface area contributed by atoms with Crippen LogP contribution in [0.5, 0.6) is 0 Å². The Morgan fingerprint density at radius 1 is 1.13 bits per heavy atom. The minimum Gasteiger partial charge on any atom is -0.334 e. The van der Waals surface area contributed by atoms with Crippen molar-refractivity contribution in [2.45, 2.75) is 44.8 Å². The molecule has 2 aromatic carbocycles. The number of benzene rings is 2. The fourth-order valence-corrected chi connectivity index (χ4v) is 3.74. The second kappa shape index (κ2) is 7.55. The quantitative estimate of drug-likeness (QED) is 0.746. The van der Waals surface area contributed by atoms with Crippen molar-refractivity contribution < 1.29 is 18.8 Å². The summed E-state index contributed by atoms with van der Waals surface area (Å²) >= 11 is 0. The van der Waals surface area contributed by atoms with E-state index in [4.69, 9.17) is 0 Å². The predicted molar refractivity (Wildman–Crippen MR) is 109 cm³/mol. The number of nitrogens with zero attached hydrogens (tertiary/aromatic N) is 2. The van der Waals surface area contributed by atoms with Crippen LogP contribution in [0.1, 0.15) is 36.5 Å². The molecule has 1 aliphatic heterocycles. The zero-order valence-electron chi connectivity index (χ0n) is 17.0. The smallest absolute Gasteiger partial charge is 0.325 e. The molecule has 1 N–H and O–H groups in total. The van der Waals surface area contributed by atoms with Crippen LogP contribution in [0.15, 0.2) is 48.5 Å². The van der Waals surface area contributed by atoms with E-state index in [2.05, 4.69) is 5.32 Å². The highest BCUT2D eigenvalue weighted by molar-refractivity contribution is 6.09.